The third-order valence-corrected chi connectivity index (χ3v) is 7.70. The fourth-order valence-corrected chi connectivity index (χ4v) is 6.04. The number of ether oxygens (including phenoxy) is 2. The number of pyridine rings is 1. The van der Waals surface area contributed by atoms with Crippen LogP contribution in [0.3, 0.4) is 0 Å². The van der Waals surface area contributed by atoms with Crippen LogP contribution in [0.1, 0.15) is 36.1 Å². The van der Waals surface area contributed by atoms with Gasteiger partial charge in [0.2, 0.25) is 5.91 Å². The summed E-state index contributed by atoms with van der Waals surface area (Å²) in [4.78, 5) is 22.0. The van der Waals surface area contributed by atoms with Crippen LogP contribution in [-0.2, 0) is 26.3 Å². The number of aromatic nitrogens is 1. The van der Waals surface area contributed by atoms with Crippen molar-refractivity contribution in [1.82, 2.24) is 9.88 Å². The molecule has 154 valence electrons. The zero-order valence-electron chi connectivity index (χ0n) is 16.6. The molecule has 7 heteroatoms. The molecular weight excluding hydrogens is 386 g/mol. The van der Waals surface area contributed by atoms with Gasteiger partial charge in [-0.15, -0.1) is 11.3 Å². The van der Waals surface area contributed by atoms with Crippen LogP contribution >= 0.6 is 11.3 Å². The minimum absolute atomic E-state index is 0.128. The lowest BCUT2D eigenvalue weighted by Gasteiger charge is -2.44. The summed E-state index contributed by atoms with van der Waals surface area (Å²) >= 11 is 1.80. The molecule has 29 heavy (non-hydrogen) atoms. The van der Waals surface area contributed by atoms with E-state index >= 15 is 0 Å². The van der Waals surface area contributed by atoms with Gasteiger partial charge in [-0.2, -0.15) is 0 Å². The van der Waals surface area contributed by atoms with Crippen molar-refractivity contribution in [2.45, 2.75) is 37.7 Å². The summed E-state index contributed by atoms with van der Waals surface area (Å²) in [7, 11) is 0. The fraction of sp³-hybridized carbons (Fsp3) is 0.545. The van der Waals surface area contributed by atoms with Crippen molar-refractivity contribution in [2.24, 2.45) is 5.92 Å². The Kier molecular flexibility index (Phi) is 5.05. The topological polar surface area (TPSA) is 77.7 Å². The maximum atomic E-state index is 12.9. The van der Waals surface area contributed by atoms with Crippen LogP contribution in [-0.4, -0.2) is 48.7 Å². The number of thiophene rings is 1. The van der Waals surface area contributed by atoms with Crippen LogP contribution in [0.25, 0.3) is 10.6 Å². The van der Waals surface area contributed by atoms with Gasteiger partial charge >= 0.3 is 0 Å². The zero-order valence-corrected chi connectivity index (χ0v) is 17.4. The van der Waals surface area contributed by atoms with E-state index in [0.29, 0.717) is 24.9 Å². The second-order valence-electron chi connectivity index (χ2n) is 8.20. The summed E-state index contributed by atoms with van der Waals surface area (Å²) in [6, 6.07) is 8.02. The molecule has 5 rings (SSSR count). The molecule has 0 bridgehead atoms. The first kappa shape index (κ1) is 19.0. The van der Waals surface area contributed by atoms with Gasteiger partial charge in [-0.3, -0.25) is 4.79 Å². The fourth-order valence-electron chi connectivity index (χ4n) is 4.84. The maximum absolute atomic E-state index is 12.9. The Morgan fingerprint density at radius 3 is 2.76 bits per heavy atom. The van der Waals surface area contributed by atoms with E-state index in [4.69, 9.17) is 15.2 Å². The molecule has 0 atom stereocenters. The number of nitrogen functional groups attached to an aromatic ring is 1. The number of nitrogens with zero attached hydrogens (tertiary/aromatic N) is 2. The standard InChI is InChI=1S/C22H27N3O3S/c23-20-3-1-2-17(24-20)19-14-16-18(29-19)6-13-28-22(16)7-9-25(10-8-22)21(26)15-4-11-27-12-5-15/h1-3,14-15H,4-13H2,(H2,23,24). The van der Waals surface area contributed by atoms with E-state index in [1.165, 1.54) is 10.4 Å². The molecule has 1 amide bonds. The van der Waals surface area contributed by atoms with Crippen molar-refractivity contribution in [1.29, 1.82) is 0 Å². The van der Waals surface area contributed by atoms with E-state index in [0.717, 1.165) is 62.4 Å². The van der Waals surface area contributed by atoms with Gasteiger partial charge in [0.25, 0.3) is 0 Å². The van der Waals surface area contributed by atoms with E-state index < -0.39 is 0 Å². The summed E-state index contributed by atoms with van der Waals surface area (Å²) < 4.78 is 11.8. The highest BCUT2D eigenvalue weighted by molar-refractivity contribution is 7.15. The molecule has 3 aliphatic rings. The average molecular weight is 414 g/mol. The molecule has 2 aromatic rings. The molecular formula is C22H27N3O3S. The van der Waals surface area contributed by atoms with E-state index in [1.54, 1.807) is 11.3 Å². The highest BCUT2D eigenvalue weighted by atomic mass is 32.1. The van der Waals surface area contributed by atoms with Gasteiger partial charge < -0.3 is 20.1 Å². The molecule has 0 aliphatic carbocycles. The van der Waals surface area contributed by atoms with Crippen LogP contribution < -0.4 is 5.73 Å². The molecule has 5 heterocycles. The van der Waals surface area contributed by atoms with Crippen LogP contribution in [0.15, 0.2) is 24.3 Å². The summed E-state index contributed by atoms with van der Waals surface area (Å²) in [5.74, 6) is 0.969. The van der Waals surface area contributed by atoms with Crippen molar-refractivity contribution in [2.75, 3.05) is 38.6 Å². The van der Waals surface area contributed by atoms with Gasteiger partial charge in [-0.05, 0) is 49.4 Å². The molecule has 0 unspecified atom stereocenters. The molecule has 2 saturated heterocycles. The van der Waals surface area contributed by atoms with Crippen molar-refractivity contribution >= 4 is 23.1 Å². The number of carbonyl (C=O) groups is 1. The SMILES string of the molecule is Nc1cccc(-c2cc3c(s2)CCOC32CCN(C(=O)C3CCOCC3)CC2)n1. The highest BCUT2D eigenvalue weighted by Crippen LogP contribution is 2.46. The van der Waals surface area contributed by atoms with E-state index in [1.807, 2.05) is 23.1 Å². The third kappa shape index (κ3) is 3.56. The summed E-state index contributed by atoms with van der Waals surface area (Å²) in [6.45, 7) is 3.67. The number of amides is 1. The van der Waals surface area contributed by atoms with Crippen molar-refractivity contribution in [3.63, 3.8) is 0 Å². The van der Waals surface area contributed by atoms with Crippen molar-refractivity contribution < 1.29 is 14.3 Å². The number of fused-ring (bicyclic) bond motifs is 2. The first-order valence-corrected chi connectivity index (χ1v) is 11.3. The van der Waals surface area contributed by atoms with Gasteiger partial charge in [-0.25, -0.2) is 4.98 Å². The maximum Gasteiger partial charge on any atom is 0.225 e. The van der Waals surface area contributed by atoms with E-state index in [-0.39, 0.29) is 11.5 Å². The molecule has 2 fully saturated rings. The average Bonchev–Trinajstić information content (AvgIpc) is 3.21. The Labute approximate surface area is 175 Å². The normalized spacial score (nSPS) is 21.9. The van der Waals surface area contributed by atoms with Gasteiger partial charge in [0.1, 0.15) is 5.82 Å². The van der Waals surface area contributed by atoms with Gasteiger partial charge in [0.05, 0.1) is 22.8 Å². The minimum Gasteiger partial charge on any atom is -0.384 e. The molecule has 0 aromatic carbocycles. The molecule has 2 aromatic heterocycles. The Hall–Kier alpha value is -1.96. The number of nitrogens with two attached hydrogens (primary N) is 1. The van der Waals surface area contributed by atoms with Gasteiger partial charge in [0.15, 0.2) is 0 Å². The number of rotatable bonds is 2. The number of anilines is 1. The molecule has 2 N–H and O–H groups in total. The van der Waals surface area contributed by atoms with Gasteiger partial charge in [0, 0.05) is 43.5 Å². The number of likely N-dealkylation sites (tertiary alicyclic amines) is 1. The van der Waals surface area contributed by atoms with Crippen LogP contribution in [0.4, 0.5) is 5.82 Å². The van der Waals surface area contributed by atoms with Crippen LogP contribution in [0, 0.1) is 5.92 Å². The predicted molar refractivity (Wildman–Crippen MR) is 113 cm³/mol. The first-order chi connectivity index (χ1) is 14.1. The van der Waals surface area contributed by atoms with E-state index in [2.05, 4.69) is 11.1 Å². The van der Waals surface area contributed by atoms with Crippen molar-refractivity contribution in [3.8, 4) is 10.6 Å². The zero-order chi connectivity index (χ0) is 19.8. The molecule has 6 nitrogen and oxygen atoms in total. The molecule has 1 spiro atoms. The lowest BCUT2D eigenvalue weighted by Crippen LogP contribution is -2.49. The summed E-state index contributed by atoms with van der Waals surface area (Å²) in [5.41, 5.74) is 7.83. The quantitative estimate of drug-likeness (QED) is 0.818. The minimum atomic E-state index is -0.269. The number of carbonyl (C=O) groups excluding carboxylic acids is 1. The number of piperidine rings is 1. The van der Waals surface area contributed by atoms with Crippen LogP contribution in [0.5, 0.6) is 0 Å². The largest absolute Gasteiger partial charge is 0.384 e. The highest BCUT2D eigenvalue weighted by Gasteiger charge is 2.43. The first-order valence-electron chi connectivity index (χ1n) is 10.5. The third-order valence-electron chi connectivity index (χ3n) is 6.48. The second kappa shape index (κ2) is 7.70. The van der Waals surface area contributed by atoms with Gasteiger partial charge in [-0.1, -0.05) is 6.07 Å². The Morgan fingerprint density at radius 1 is 1.21 bits per heavy atom. The van der Waals surface area contributed by atoms with E-state index in [9.17, 15) is 4.79 Å². The summed E-state index contributed by atoms with van der Waals surface area (Å²) in [6.07, 6.45) is 4.35. The molecule has 0 saturated carbocycles. The molecule has 0 radical (unpaired) electrons. The number of hydrogen-bond donors (Lipinski definition) is 1. The Bertz CT molecular complexity index is 898. The Balaban J connectivity index is 1.35. The predicted octanol–water partition coefficient (Wildman–Crippen LogP) is 3.21. The molecule has 3 aliphatic heterocycles. The van der Waals surface area contributed by atoms with Crippen molar-refractivity contribution in [3.05, 3.63) is 34.7 Å². The smallest absolute Gasteiger partial charge is 0.225 e. The van der Waals surface area contributed by atoms with Crippen LogP contribution in [0.2, 0.25) is 0 Å². The lowest BCUT2D eigenvalue weighted by molar-refractivity contribution is -0.147. The summed E-state index contributed by atoms with van der Waals surface area (Å²) in [5, 5.41) is 0. The lowest BCUT2D eigenvalue weighted by atomic mass is 9.81. The number of hydrogen-bond acceptors (Lipinski definition) is 6. The monoisotopic (exact) mass is 413 g/mol. The Morgan fingerprint density at radius 2 is 2.00 bits per heavy atom. The second-order valence-corrected chi connectivity index (χ2v) is 9.34.